The van der Waals surface area contributed by atoms with E-state index in [1.807, 2.05) is 20.8 Å². The minimum Gasteiger partial charge on any atom is -0.460 e. The number of nitrogens with one attached hydrogen (secondary N) is 1. The van der Waals surface area contributed by atoms with Crippen LogP contribution < -0.4 is 5.32 Å². The average molecular weight is 293 g/mol. The van der Waals surface area contributed by atoms with Crippen LogP contribution >= 0.6 is 0 Å². The molecule has 0 aliphatic heterocycles. The Labute approximate surface area is 125 Å². The molecule has 0 radical (unpaired) electrons. The third kappa shape index (κ3) is 7.46. The fourth-order valence-electron chi connectivity index (χ4n) is 1.70. The second-order valence-electron chi connectivity index (χ2n) is 5.84. The maximum atomic E-state index is 11.7. The molecule has 0 atom stereocenters. The highest BCUT2D eigenvalue weighted by atomic mass is 16.6. The van der Waals surface area contributed by atoms with E-state index in [1.54, 1.807) is 24.3 Å². The number of rotatable bonds is 6. The Morgan fingerprint density at radius 2 is 1.76 bits per heavy atom. The summed E-state index contributed by atoms with van der Waals surface area (Å²) in [6.07, 6.45) is 0.949. The number of amides is 1. The van der Waals surface area contributed by atoms with Crippen LogP contribution in [0.15, 0.2) is 24.3 Å². The van der Waals surface area contributed by atoms with Crippen molar-refractivity contribution in [1.82, 2.24) is 0 Å². The third-order valence-electron chi connectivity index (χ3n) is 2.63. The minimum absolute atomic E-state index is 0.0237. The summed E-state index contributed by atoms with van der Waals surface area (Å²) in [6, 6.07) is 6.96. The molecular formula is C16H23NO4. The fourth-order valence-corrected chi connectivity index (χ4v) is 1.70. The van der Waals surface area contributed by atoms with E-state index in [1.165, 1.54) is 0 Å². The Morgan fingerprint density at radius 1 is 1.14 bits per heavy atom. The largest absolute Gasteiger partial charge is 0.460 e. The van der Waals surface area contributed by atoms with Crippen molar-refractivity contribution >= 4 is 17.6 Å². The number of aliphatic hydroxyl groups is 1. The van der Waals surface area contributed by atoms with Crippen molar-refractivity contribution in [2.45, 2.75) is 52.2 Å². The lowest BCUT2D eigenvalue weighted by atomic mass is 10.2. The number of carbonyl (C=O) groups is 2. The lowest BCUT2D eigenvalue weighted by Gasteiger charge is -2.19. The summed E-state index contributed by atoms with van der Waals surface area (Å²) in [4.78, 5) is 23.2. The molecule has 0 spiro atoms. The number of anilines is 1. The van der Waals surface area contributed by atoms with Gasteiger partial charge in [-0.15, -0.1) is 0 Å². The third-order valence-corrected chi connectivity index (χ3v) is 2.63. The second-order valence-corrected chi connectivity index (χ2v) is 5.84. The summed E-state index contributed by atoms with van der Waals surface area (Å²) < 4.78 is 5.17. The van der Waals surface area contributed by atoms with Crippen LogP contribution in [0.4, 0.5) is 5.69 Å². The fraction of sp³-hybridized carbons (Fsp3) is 0.500. The van der Waals surface area contributed by atoms with Gasteiger partial charge in [0.1, 0.15) is 5.60 Å². The molecule has 116 valence electrons. The molecule has 0 aliphatic carbocycles. The van der Waals surface area contributed by atoms with Crippen LogP contribution in [0.5, 0.6) is 0 Å². The highest BCUT2D eigenvalue weighted by molar-refractivity contribution is 5.90. The number of esters is 1. The lowest BCUT2D eigenvalue weighted by molar-refractivity contribution is -0.154. The summed E-state index contributed by atoms with van der Waals surface area (Å²) in [7, 11) is 0. The van der Waals surface area contributed by atoms with Gasteiger partial charge in [-0.05, 0) is 44.9 Å². The van der Waals surface area contributed by atoms with Crippen LogP contribution in [-0.2, 0) is 20.9 Å². The highest BCUT2D eigenvalue weighted by Crippen LogP contribution is 2.12. The van der Waals surface area contributed by atoms with Crippen molar-refractivity contribution in [3.8, 4) is 0 Å². The van der Waals surface area contributed by atoms with E-state index in [0.29, 0.717) is 12.1 Å². The SMILES string of the molecule is CC(C)(C)OC(=O)CCCC(=O)Nc1ccc(CO)cc1. The van der Waals surface area contributed by atoms with Gasteiger partial charge in [0.15, 0.2) is 0 Å². The van der Waals surface area contributed by atoms with E-state index in [0.717, 1.165) is 5.56 Å². The Hall–Kier alpha value is -1.88. The summed E-state index contributed by atoms with van der Waals surface area (Å²) in [6.45, 7) is 5.42. The second kappa shape index (κ2) is 7.78. The van der Waals surface area contributed by atoms with Crippen LogP contribution in [0.2, 0.25) is 0 Å². The summed E-state index contributed by atoms with van der Waals surface area (Å²) >= 11 is 0. The van der Waals surface area contributed by atoms with Crippen LogP contribution in [0.1, 0.15) is 45.6 Å². The first-order chi connectivity index (χ1) is 9.80. The zero-order valence-corrected chi connectivity index (χ0v) is 12.8. The van der Waals surface area contributed by atoms with Crippen LogP contribution in [-0.4, -0.2) is 22.6 Å². The van der Waals surface area contributed by atoms with Crippen molar-refractivity contribution in [3.63, 3.8) is 0 Å². The zero-order valence-electron chi connectivity index (χ0n) is 12.8. The number of aliphatic hydroxyl groups excluding tert-OH is 1. The normalized spacial score (nSPS) is 11.0. The van der Waals surface area contributed by atoms with Gasteiger partial charge >= 0.3 is 5.97 Å². The molecule has 0 aliphatic rings. The first-order valence-corrected chi connectivity index (χ1v) is 7.01. The number of carbonyl (C=O) groups excluding carboxylic acids is 2. The molecule has 1 amide bonds. The van der Waals surface area contributed by atoms with Gasteiger partial charge in [-0.25, -0.2) is 0 Å². The molecule has 0 saturated heterocycles. The molecule has 0 unspecified atom stereocenters. The molecule has 0 saturated carbocycles. The quantitative estimate of drug-likeness (QED) is 0.791. The van der Waals surface area contributed by atoms with Gasteiger partial charge in [0.05, 0.1) is 6.61 Å². The molecule has 5 heteroatoms. The Bertz CT molecular complexity index is 474. The molecule has 1 aromatic rings. The predicted molar refractivity (Wildman–Crippen MR) is 80.7 cm³/mol. The highest BCUT2D eigenvalue weighted by Gasteiger charge is 2.16. The minimum atomic E-state index is -0.492. The number of hydrogen-bond acceptors (Lipinski definition) is 4. The molecule has 2 N–H and O–H groups in total. The smallest absolute Gasteiger partial charge is 0.306 e. The maximum absolute atomic E-state index is 11.7. The Balaban J connectivity index is 2.29. The van der Waals surface area contributed by atoms with Gasteiger partial charge in [-0.1, -0.05) is 12.1 Å². The van der Waals surface area contributed by atoms with Gasteiger partial charge in [0.25, 0.3) is 0 Å². The van der Waals surface area contributed by atoms with Gasteiger partial charge in [0, 0.05) is 18.5 Å². The standard InChI is InChI=1S/C16H23NO4/c1-16(2,3)21-15(20)6-4-5-14(19)17-13-9-7-12(11-18)8-10-13/h7-10,18H,4-6,11H2,1-3H3,(H,17,19). The Morgan fingerprint density at radius 3 is 2.29 bits per heavy atom. The van der Waals surface area contributed by atoms with E-state index in [2.05, 4.69) is 5.32 Å². The Kier molecular flexibility index (Phi) is 6.37. The van der Waals surface area contributed by atoms with Crippen molar-refractivity contribution in [2.24, 2.45) is 0 Å². The summed E-state index contributed by atoms with van der Waals surface area (Å²) in [5, 5.41) is 11.7. The topological polar surface area (TPSA) is 75.6 Å². The van der Waals surface area contributed by atoms with Gasteiger partial charge < -0.3 is 15.2 Å². The molecule has 0 bridgehead atoms. The average Bonchev–Trinajstić information content (AvgIpc) is 2.37. The van der Waals surface area contributed by atoms with Crippen molar-refractivity contribution in [2.75, 3.05) is 5.32 Å². The molecule has 0 heterocycles. The molecular weight excluding hydrogens is 270 g/mol. The van der Waals surface area contributed by atoms with Gasteiger partial charge in [-0.2, -0.15) is 0 Å². The van der Waals surface area contributed by atoms with Gasteiger partial charge in [-0.3, -0.25) is 9.59 Å². The monoisotopic (exact) mass is 293 g/mol. The number of ether oxygens (including phenoxy) is 1. The summed E-state index contributed by atoms with van der Waals surface area (Å²) in [5.41, 5.74) is 0.973. The molecule has 1 aromatic carbocycles. The molecule has 0 aromatic heterocycles. The van der Waals surface area contributed by atoms with E-state index >= 15 is 0 Å². The predicted octanol–water partition coefficient (Wildman–Crippen LogP) is 2.63. The van der Waals surface area contributed by atoms with Crippen LogP contribution in [0, 0.1) is 0 Å². The maximum Gasteiger partial charge on any atom is 0.306 e. The van der Waals surface area contributed by atoms with Gasteiger partial charge in [0.2, 0.25) is 5.91 Å². The zero-order chi connectivity index (χ0) is 15.9. The first-order valence-electron chi connectivity index (χ1n) is 7.01. The lowest BCUT2D eigenvalue weighted by Crippen LogP contribution is -2.23. The molecule has 1 rings (SSSR count). The summed E-state index contributed by atoms with van der Waals surface area (Å²) in [5.74, 6) is -0.432. The molecule has 21 heavy (non-hydrogen) atoms. The van der Waals surface area contributed by atoms with Crippen LogP contribution in [0.3, 0.4) is 0 Å². The van der Waals surface area contributed by atoms with Crippen molar-refractivity contribution in [1.29, 1.82) is 0 Å². The first kappa shape index (κ1) is 17.2. The molecule has 5 nitrogen and oxygen atoms in total. The van der Waals surface area contributed by atoms with E-state index in [9.17, 15) is 9.59 Å². The van der Waals surface area contributed by atoms with E-state index in [-0.39, 0.29) is 31.3 Å². The van der Waals surface area contributed by atoms with Crippen LogP contribution in [0.25, 0.3) is 0 Å². The number of hydrogen-bond donors (Lipinski definition) is 2. The molecule has 0 fully saturated rings. The number of benzene rings is 1. The van der Waals surface area contributed by atoms with E-state index in [4.69, 9.17) is 9.84 Å². The van der Waals surface area contributed by atoms with E-state index < -0.39 is 5.60 Å². The van der Waals surface area contributed by atoms with Crippen molar-refractivity contribution in [3.05, 3.63) is 29.8 Å². The van der Waals surface area contributed by atoms with Crippen molar-refractivity contribution < 1.29 is 19.4 Å².